The van der Waals surface area contributed by atoms with Crippen molar-refractivity contribution in [3.8, 4) is 0 Å². The molecule has 2 heterocycles. The lowest BCUT2D eigenvalue weighted by Gasteiger charge is -2.08. The summed E-state index contributed by atoms with van der Waals surface area (Å²) in [6.45, 7) is 1.47. The van der Waals surface area contributed by atoms with Gasteiger partial charge in [0.1, 0.15) is 0 Å². The molecule has 1 aliphatic rings. The predicted molar refractivity (Wildman–Crippen MR) is 71.4 cm³/mol. The maximum absolute atomic E-state index is 12.1. The number of amides is 1. The number of hydrogen-bond donors (Lipinski definition) is 5. The number of nitrogens with zero attached hydrogens (tertiary/aromatic N) is 2. The number of fused-ring (bicyclic) bond motifs is 1. The fourth-order valence-corrected chi connectivity index (χ4v) is 1.90. The van der Waals surface area contributed by atoms with E-state index < -0.39 is 0 Å². The van der Waals surface area contributed by atoms with Crippen LogP contribution in [0.3, 0.4) is 0 Å². The number of hydrogen-bond acceptors (Lipinski definition) is 6. The van der Waals surface area contributed by atoms with E-state index in [0.717, 1.165) is 6.54 Å². The van der Waals surface area contributed by atoms with E-state index in [0.29, 0.717) is 29.1 Å². The highest BCUT2D eigenvalue weighted by atomic mass is 16.2. The highest BCUT2D eigenvalue weighted by Crippen LogP contribution is 2.16. The molecular weight excluding hydrogens is 246 g/mol. The van der Waals surface area contributed by atoms with Gasteiger partial charge in [0.25, 0.3) is 5.91 Å². The zero-order valence-electron chi connectivity index (χ0n) is 10.0. The molecule has 2 aromatic rings. The summed E-state index contributed by atoms with van der Waals surface area (Å²) in [5.74, 6) is 0.556. The number of aromatic nitrogens is 2. The first-order valence-corrected chi connectivity index (χ1v) is 5.83. The number of carbonyl (C=O) groups excluding carboxylic acids is 1. The van der Waals surface area contributed by atoms with Gasteiger partial charge in [0.2, 0.25) is 5.96 Å². The molecule has 0 fully saturated rings. The number of guanidine groups is 1. The van der Waals surface area contributed by atoms with Crippen molar-refractivity contribution in [2.24, 2.45) is 4.99 Å². The Labute approximate surface area is 108 Å². The Balaban J connectivity index is 1.80. The maximum Gasteiger partial charge on any atom is 0.271 e. The number of aliphatic imine (C=N–C) groups is 1. The smallest absolute Gasteiger partial charge is 0.271 e. The first kappa shape index (κ1) is 11.3. The number of anilines is 1. The van der Waals surface area contributed by atoms with Gasteiger partial charge in [-0.2, -0.15) is 0 Å². The van der Waals surface area contributed by atoms with Crippen LogP contribution in [0, 0.1) is 0 Å². The molecule has 19 heavy (non-hydrogen) atoms. The Bertz CT molecular complexity index is 660. The number of rotatable bonds is 1. The second kappa shape index (κ2) is 4.48. The molecular formula is C11H13N7O. The van der Waals surface area contributed by atoms with Crippen molar-refractivity contribution in [2.45, 2.75) is 0 Å². The van der Waals surface area contributed by atoms with Crippen molar-refractivity contribution in [2.75, 3.05) is 18.8 Å². The van der Waals surface area contributed by atoms with E-state index in [-0.39, 0.29) is 11.9 Å². The van der Waals surface area contributed by atoms with Crippen LogP contribution in [-0.2, 0) is 0 Å². The highest BCUT2D eigenvalue weighted by molar-refractivity contribution is 6.05. The monoisotopic (exact) mass is 259 g/mol. The number of para-hydroxylation sites is 1. The summed E-state index contributed by atoms with van der Waals surface area (Å²) in [5.41, 5.74) is 12.6. The van der Waals surface area contributed by atoms with Crippen LogP contribution in [0.1, 0.15) is 10.4 Å². The zero-order chi connectivity index (χ0) is 13.2. The van der Waals surface area contributed by atoms with Gasteiger partial charge in [-0.05, 0) is 12.1 Å². The van der Waals surface area contributed by atoms with E-state index in [4.69, 9.17) is 5.73 Å². The molecule has 0 bridgehead atoms. The van der Waals surface area contributed by atoms with Crippen molar-refractivity contribution in [1.29, 1.82) is 0 Å². The van der Waals surface area contributed by atoms with Crippen LogP contribution in [0.2, 0.25) is 0 Å². The second-order valence-corrected chi connectivity index (χ2v) is 4.06. The number of benzene rings is 1. The standard InChI is InChI=1S/C11H13N7O/c12-10-15-7-3-1-2-6(8(7)16-10)9(19)17-18-11-13-4-5-14-11/h1-3H,4-5H2,(H,17,19)(H3,12,15,16)(H2,13,14,18). The maximum atomic E-state index is 12.1. The van der Waals surface area contributed by atoms with Crippen LogP contribution in [0.5, 0.6) is 0 Å². The lowest BCUT2D eigenvalue weighted by molar-refractivity contribution is 0.0945. The minimum absolute atomic E-state index is 0.282. The van der Waals surface area contributed by atoms with Gasteiger partial charge in [-0.1, -0.05) is 6.07 Å². The quantitative estimate of drug-likeness (QED) is 0.435. The fraction of sp³-hybridized carbons (Fsp3) is 0.182. The number of nitrogen functional groups attached to an aromatic ring is 1. The molecule has 8 heteroatoms. The van der Waals surface area contributed by atoms with Crippen LogP contribution >= 0.6 is 0 Å². The number of nitrogens with one attached hydrogen (secondary N) is 4. The molecule has 8 nitrogen and oxygen atoms in total. The van der Waals surface area contributed by atoms with Crippen LogP contribution in [-0.4, -0.2) is 34.9 Å². The average Bonchev–Trinajstić information content (AvgIpc) is 3.02. The Morgan fingerprint density at radius 2 is 2.32 bits per heavy atom. The van der Waals surface area contributed by atoms with Crippen LogP contribution in [0.4, 0.5) is 5.95 Å². The number of aromatic amines is 1. The molecule has 0 radical (unpaired) electrons. The van der Waals surface area contributed by atoms with E-state index in [1.807, 2.05) is 0 Å². The average molecular weight is 259 g/mol. The number of hydrazine groups is 1. The minimum Gasteiger partial charge on any atom is -0.369 e. The Morgan fingerprint density at radius 3 is 3.11 bits per heavy atom. The van der Waals surface area contributed by atoms with Gasteiger partial charge in [0.15, 0.2) is 5.95 Å². The van der Waals surface area contributed by atoms with Gasteiger partial charge in [0, 0.05) is 6.54 Å². The first-order chi connectivity index (χ1) is 9.24. The molecule has 6 N–H and O–H groups in total. The lowest BCUT2D eigenvalue weighted by Crippen LogP contribution is -2.46. The van der Waals surface area contributed by atoms with Gasteiger partial charge in [-0.25, -0.2) is 4.98 Å². The molecule has 0 spiro atoms. The molecule has 3 rings (SSSR count). The van der Waals surface area contributed by atoms with Crippen LogP contribution in [0.25, 0.3) is 11.0 Å². The second-order valence-electron chi connectivity index (χ2n) is 4.06. The minimum atomic E-state index is -0.286. The highest BCUT2D eigenvalue weighted by Gasteiger charge is 2.13. The molecule has 1 aliphatic heterocycles. The molecule has 0 aliphatic carbocycles. The summed E-state index contributed by atoms with van der Waals surface area (Å²) in [6.07, 6.45) is 0. The van der Waals surface area contributed by atoms with Gasteiger partial charge in [-0.15, -0.1) is 0 Å². The molecule has 1 amide bonds. The normalized spacial score (nSPS) is 14.0. The summed E-state index contributed by atoms with van der Waals surface area (Å²) in [6, 6.07) is 5.23. The summed E-state index contributed by atoms with van der Waals surface area (Å²) in [4.78, 5) is 23.1. The van der Waals surface area contributed by atoms with Crippen molar-refractivity contribution in [1.82, 2.24) is 26.1 Å². The topological polar surface area (TPSA) is 120 Å². The fourth-order valence-electron chi connectivity index (χ4n) is 1.90. The molecule has 0 saturated heterocycles. The van der Waals surface area contributed by atoms with Crippen molar-refractivity contribution in [3.63, 3.8) is 0 Å². The Hall–Kier alpha value is -2.77. The third kappa shape index (κ3) is 2.15. The largest absolute Gasteiger partial charge is 0.369 e. The van der Waals surface area contributed by atoms with Gasteiger partial charge < -0.3 is 16.0 Å². The lowest BCUT2D eigenvalue weighted by atomic mass is 10.2. The Kier molecular flexibility index (Phi) is 2.67. The summed E-state index contributed by atoms with van der Waals surface area (Å²) in [5, 5.41) is 2.99. The third-order valence-corrected chi connectivity index (χ3v) is 2.75. The SMILES string of the molecule is Nc1nc2cccc(C(=O)NNC3=NCCN3)c2[nH]1. The van der Waals surface area contributed by atoms with Crippen LogP contribution < -0.4 is 21.9 Å². The Morgan fingerprint density at radius 1 is 1.42 bits per heavy atom. The number of H-pyrrole nitrogens is 1. The molecule has 1 aromatic heterocycles. The van der Waals surface area contributed by atoms with Gasteiger partial charge in [-0.3, -0.25) is 20.6 Å². The van der Waals surface area contributed by atoms with E-state index in [9.17, 15) is 4.79 Å². The molecule has 1 aromatic carbocycles. The summed E-state index contributed by atoms with van der Waals surface area (Å²) < 4.78 is 0. The molecule has 98 valence electrons. The van der Waals surface area contributed by atoms with Gasteiger partial charge >= 0.3 is 0 Å². The summed E-state index contributed by atoms with van der Waals surface area (Å²) >= 11 is 0. The van der Waals surface area contributed by atoms with E-state index in [2.05, 4.69) is 31.1 Å². The molecule has 0 saturated carbocycles. The number of carbonyl (C=O) groups is 1. The summed E-state index contributed by atoms with van der Waals surface area (Å²) in [7, 11) is 0. The number of nitrogens with two attached hydrogens (primary N) is 1. The zero-order valence-corrected chi connectivity index (χ0v) is 10.0. The van der Waals surface area contributed by atoms with Crippen molar-refractivity contribution < 1.29 is 4.79 Å². The number of imidazole rings is 1. The first-order valence-electron chi connectivity index (χ1n) is 5.83. The van der Waals surface area contributed by atoms with E-state index >= 15 is 0 Å². The molecule has 0 unspecified atom stereocenters. The van der Waals surface area contributed by atoms with E-state index in [1.165, 1.54) is 0 Å². The van der Waals surface area contributed by atoms with Crippen LogP contribution in [0.15, 0.2) is 23.2 Å². The van der Waals surface area contributed by atoms with Gasteiger partial charge in [0.05, 0.1) is 23.1 Å². The predicted octanol–water partition coefficient (Wildman–Crippen LogP) is -0.661. The van der Waals surface area contributed by atoms with Crippen molar-refractivity contribution in [3.05, 3.63) is 23.8 Å². The van der Waals surface area contributed by atoms with Crippen molar-refractivity contribution >= 4 is 28.8 Å². The third-order valence-electron chi connectivity index (χ3n) is 2.75. The van der Waals surface area contributed by atoms with E-state index in [1.54, 1.807) is 18.2 Å². The molecule has 0 atom stereocenters.